The number of hydrogen-bond acceptors (Lipinski definition) is 5. The molecular weight excluding hydrogens is 278 g/mol. The molecule has 0 aliphatic carbocycles. The number of nitrogens with zero attached hydrogens (tertiary/aromatic N) is 1. The van der Waals surface area contributed by atoms with Gasteiger partial charge in [-0.15, -0.1) is 0 Å². The third-order valence-electron chi connectivity index (χ3n) is 4.25. The van der Waals surface area contributed by atoms with Gasteiger partial charge in [-0.2, -0.15) is 0 Å². The van der Waals surface area contributed by atoms with Crippen molar-refractivity contribution in [3.05, 3.63) is 0 Å². The number of carbonyl (C=O) groups is 3. The lowest BCUT2D eigenvalue weighted by atomic mass is 9.94. The molecule has 0 saturated carbocycles. The maximum Gasteiger partial charge on any atom is 0.326 e. The van der Waals surface area contributed by atoms with E-state index in [0.717, 1.165) is 4.90 Å². The van der Waals surface area contributed by atoms with Gasteiger partial charge in [0.25, 0.3) is 5.91 Å². The Morgan fingerprint density at radius 2 is 1.95 bits per heavy atom. The second-order valence-corrected chi connectivity index (χ2v) is 5.91. The van der Waals surface area contributed by atoms with Crippen molar-refractivity contribution in [2.75, 3.05) is 6.54 Å². The van der Waals surface area contributed by atoms with Crippen LogP contribution in [0.2, 0.25) is 0 Å². The minimum Gasteiger partial charge on any atom is -0.480 e. The number of hydrogen-bond donors (Lipinski definition) is 2. The van der Waals surface area contributed by atoms with Crippen LogP contribution in [-0.4, -0.2) is 57.3 Å². The fourth-order valence-electron chi connectivity index (χ4n) is 2.97. The summed E-state index contributed by atoms with van der Waals surface area (Å²) in [4.78, 5) is 37.1. The fraction of sp³-hybridized carbons (Fsp3) is 0.786. The molecule has 0 aromatic carbocycles. The van der Waals surface area contributed by atoms with Gasteiger partial charge in [0.15, 0.2) is 0 Å². The molecule has 4 atom stereocenters. The molecule has 0 aromatic heterocycles. The first-order valence-electron chi connectivity index (χ1n) is 7.25. The molecule has 2 fully saturated rings. The standard InChI is InChI=1S/C14H21NO6/c1-8-5-6-9(2)21-14(20,11(8)16)13(19)15-7-3-4-10(15)12(17)18/h8-10,20H,3-7H2,1-2H3,(H,17,18). The summed E-state index contributed by atoms with van der Waals surface area (Å²) < 4.78 is 5.31. The van der Waals surface area contributed by atoms with E-state index >= 15 is 0 Å². The molecule has 118 valence electrons. The second-order valence-electron chi connectivity index (χ2n) is 5.91. The third kappa shape index (κ3) is 2.80. The fourth-order valence-corrected chi connectivity index (χ4v) is 2.97. The molecule has 2 saturated heterocycles. The van der Waals surface area contributed by atoms with Crippen LogP contribution in [0, 0.1) is 5.92 Å². The second kappa shape index (κ2) is 5.73. The highest BCUT2D eigenvalue weighted by atomic mass is 16.6. The van der Waals surface area contributed by atoms with E-state index in [1.807, 2.05) is 0 Å². The summed E-state index contributed by atoms with van der Waals surface area (Å²) in [5.74, 6) is -5.83. The molecule has 0 aromatic rings. The van der Waals surface area contributed by atoms with Crippen molar-refractivity contribution in [3.63, 3.8) is 0 Å². The van der Waals surface area contributed by atoms with Gasteiger partial charge < -0.3 is 19.8 Å². The van der Waals surface area contributed by atoms with E-state index in [4.69, 9.17) is 9.84 Å². The highest BCUT2D eigenvalue weighted by Gasteiger charge is 2.54. The summed E-state index contributed by atoms with van der Waals surface area (Å²) in [6.07, 6.45) is 1.48. The van der Waals surface area contributed by atoms with Crippen molar-refractivity contribution in [2.45, 2.75) is 57.5 Å². The molecule has 1 amide bonds. The maximum absolute atomic E-state index is 12.6. The highest BCUT2D eigenvalue weighted by Crippen LogP contribution is 2.30. The summed E-state index contributed by atoms with van der Waals surface area (Å²) in [5.41, 5.74) is 0. The molecule has 0 bridgehead atoms. The Balaban J connectivity index is 2.30. The topological polar surface area (TPSA) is 104 Å². The van der Waals surface area contributed by atoms with Gasteiger partial charge in [-0.1, -0.05) is 6.92 Å². The van der Waals surface area contributed by atoms with E-state index in [1.54, 1.807) is 13.8 Å². The number of ether oxygens (including phenoxy) is 1. The number of aliphatic hydroxyl groups is 1. The number of rotatable bonds is 2. The highest BCUT2D eigenvalue weighted by molar-refractivity contribution is 6.09. The number of carboxylic acids is 1. The van der Waals surface area contributed by atoms with Crippen molar-refractivity contribution in [1.29, 1.82) is 0 Å². The van der Waals surface area contributed by atoms with Crippen LogP contribution in [-0.2, 0) is 19.1 Å². The van der Waals surface area contributed by atoms with Gasteiger partial charge >= 0.3 is 11.8 Å². The molecule has 7 heteroatoms. The van der Waals surface area contributed by atoms with Crippen LogP contribution in [0.15, 0.2) is 0 Å². The van der Waals surface area contributed by atoms with Gasteiger partial charge in [-0.05, 0) is 32.6 Å². The number of carboxylic acid groups (broad SMARTS) is 1. The van der Waals surface area contributed by atoms with Gasteiger partial charge in [0.05, 0.1) is 6.10 Å². The van der Waals surface area contributed by atoms with Crippen molar-refractivity contribution < 1.29 is 29.3 Å². The summed E-state index contributed by atoms with van der Waals surface area (Å²) >= 11 is 0. The number of likely N-dealkylation sites (tertiary alicyclic amines) is 1. The number of carbonyl (C=O) groups excluding carboxylic acids is 2. The van der Waals surface area contributed by atoms with Crippen LogP contribution in [0.5, 0.6) is 0 Å². The lowest BCUT2D eigenvalue weighted by molar-refractivity contribution is -0.225. The molecule has 21 heavy (non-hydrogen) atoms. The molecule has 7 nitrogen and oxygen atoms in total. The molecular formula is C14H21NO6. The zero-order valence-corrected chi connectivity index (χ0v) is 12.2. The minimum atomic E-state index is -2.56. The smallest absolute Gasteiger partial charge is 0.326 e. The predicted octanol–water partition coefficient (Wildman–Crippen LogP) is 0.155. The van der Waals surface area contributed by atoms with Crippen LogP contribution in [0.25, 0.3) is 0 Å². The normalized spacial score (nSPS) is 37.4. The summed E-state index contributed by atoms with van der Waals surface area (Å²) in [7, 11) is 0. The maximum atomic E-state index is 12.6. The first-order chi connectivity index (χ1) is 9.77. The molecule has 2 heterocycles. The van der Waals surface area contributed by atoms with E-state index < -0.39 is 41.5 Å². The summed E-state index contributed by atoms with van der Waals surface area (Å²) in [6, 6.07) is -1.01. The monoisotopic (exact) mass is 299 g/mol. The van der Waals surface area contributed by atoms with Gasteiger partial charge in [0.2, 0.25) is 5.78 Å². The van der Waals surface area contributed by atoms with E-state index in [0.29, 0.717) is 25.7 Å². The Hall–Kier alpha value is -1.47. The Bertz CT molecular complexity index is 464. The molecule has 2 N–H and O–H groups in total. The lowest BCUT2D eigenvalue weighted by Gasteiger charge is -2.32. The van der Waals surface area contributed by atoms with Gasteiger partial charge in [-0.25, -0.2) is 4.79 Å². The van der Waals surface area contributed by atoms with Crippen molar-refractivity contribution in [1.82, 2.24) is 4.90 Å². The summed E-state index contributed by atoms with van der Waals surface area (Å²) in [6.45, 7) is 3.53. The molecule has 2 aliphatic rings. The van der Waals surface area contributed by atoms with E-state index in [2.05, 4.69) is 0 Å². The van der Waals surface area contributed by atoms with Crippen LogP contribution < -0.4 is 0 Å². The molecule has 2 rings (SSSR count). The largest absolute Gasteiger partial charge is 0.480 e. The van der Waals surface area contributed by atoms with Crippen LogP contribution >= 0.6 is 0 Å². The summed E-state index contributed by atoms with van der Waals surface area (Å²) in [5, 5.41) is 19.7. The zero-order valence-electron chi connectivity index (χ0n) is 12.2. The predicted molar refractivity (Wildman–Crippen MR) is 71.3 cm³/mol. The number of aliphatic carboxylic acids is 1. The van der Waals surface area contributed by atoms with Crippen molar-refractivity contribution in [3.8, 4) is 0 Å². The average Bonchev–Trinajstić information content (AvgIpc) is 2.88. The van der Waals surface area contributed by atoms with E-state index in [1.165, 1.54) is 0 Å². The molecule has 0 radical (unpaired) electrons. The number of amides is 1. The van der Waals surface area contributed by atoms with Gasteiger partial charge in [0.1, 0.15) is 6.04 Å². The zero-order chi connectivity index (χ0) is 15.8. The van der Waals surface area contributed by atoms with Crippen LogP contribution in [0.3, 0.4) is 0 Å². The van der Waals surface area contributed by atoms with E-state index in [-0.39, 0.29) is 6.54 Å². The minimum absolute atomic E-state index is 0.206. The molecule has 4 unspecified atom stereocenters. The van der Waals surface area contributed by atoms with Gasteiger partial charge in [-0.3, -0.25) is 9.59 Å². The Morgan fingerprint density at radius 1 is 1.29 bits per heavy atom. The third-order valence-corrected chi connectivity index (χ3v) is 4.25. The number of ketones is 1. The van der Waals surface area contributed by atoms with Crippen LogP contribution in [0.1, 0.15) is 39.5 Å². The molecule has 2 aliphatic heterocycles. The van der Waals surface area contributed by atoms with Crippen molar-refractivity contribution >= 4 is 17.7 Å². The number of Topliss-reactive ketones (excluding diaryl/α,β-unsaturated/α-hetero) is 1. The van der Waals surface area contributed by atoms with Crippen molar-refractivity contribution in [2.24, 2.45) is 5.92 Å². The van der Waals surface area contributed by atoms with Crippen LogP contribution in [0.4, 0.5) is 0 Å². The Kier molecular flexibility index (Phi) is 4.34. The molecule has 0 spiro atoms. The first-order valence-corrected chi connectivity index (χ1v) is 7.25. The Morgan fingerprint density at radius 3 is 2.57 bits per heavy atom. The Labute approximate surface area is 122 Å². The first kappa shape index (κ1) is 15.9. The van der Waals surface area contributed by atoms with E-state index in [9.17, 15) is 19.5 Å². The average molecular weight is 299 g/mol. The van der Waals surface area contributed by atoms with Gasteiger partial charge in [0, 0.05) is 12.5 Å². The SMILES string of the molecule is CC1CCC(C)C(=O)C(O)(C(=O)N2CCCC2C(=O)O)O1. The lowest BCUT2D eigenvalue weighted by Crippen LogP contribution is -2.59. The quantitative estimate of drug-likeness (QED) is 0.704.